The zero-order valence-corrected chi connectivity index (χ0v) is 11.2. The van der Waals surface area contributed by atoms with Crippen LogP contribution in [0, 0.1) is 0 Å². The highest BCUT2D eigenvalue weighted by molar-refractivity contribution is 5.98. The van der Waals surface area contributed by atoms with Crippen molar-refractivity contribution in [3.63, 3.8) is 0 Å². The topological polar surface area (TPSA) is 81.7 Å². The van der Waals surface area contributed by atoms with E-state index in [-0.39, 0.29) is 12.1 Å². The number of hydrogen-bond donors (Lipinski definition) is 1. The third kappa shape index (κ3) is 5.34. The van der Waals surface area contributed by atoms with E-state index < -0.39 is 18.0 Å². The Bertz CT molecular complexity index is 522. The quantitative estimate of drug-likeness (QED) is 0.513. The number of methoxy groups -OCH3 is 1. The molecule has 0 aliphatic heterocycles. The van der Waals surface area contributed by atoms with Gasteiger partial charge in [0.15, 0.2) is 0 Å². The second kappa shape index (κ2) is 7.73. The van der Waals surface area contributed by atoms with Gasteiger partial charge in [-0.1, -0.05) is 30.3 Å². The number of esters is 2. The highest BCUT2D eigenvalue weighted by Crippen LogP contribution is 1.99. The van der Waals surface area contributed by atoms with Crippen molar-refractivity contribution in [3.05, 3.63) is 47.5 Å². The number of amides is 1. The first kappa shape index (κ1) is 15.4. The second-order valence-corrected chi connectivity index (χ2v) is 3.87. The Labute approximate surface area is 116 Å². The third-order valence-corrected chi connectivity index (χ3v) is 2.31. The van der Waals surface area contributed by atoms with Crippen molar-refractivity contribution in [2.45, 2.75) is 13.5 Å². The molecule has 0 fully saturated rings. The molecule has 106 valence electrons. The van der Waals surface area contributed by atoms with Gasteiger partial charge in [-0.05, 0) is 12.5 Å². The first-order valence-corrected chi connectivity index (χ1v) is 5.83. The van der Waals surface area contributed by atoms with E-state index in [0.717, 1.165) is 11.6 Å². The first-order chi connectivity index (χ1) is 9.52. The standard InChI is InChI=1S/C14H15NO5/c1-10(13(17)19-2)8-12(16)20-14(18)15-9-11-6-4-3-5-7-11/h3-8H,9H2,1-2H3,(H,15,18)/b10-8+. The van der Waals surface area contributed by atoms with E-state index in [1.54, 1.807) is 0 Å². The fourth-order valence-corrected chi connectivity index (χ4v) is 1.32. The van der Waals surface area contributed by atoms with E-state index in [0.29, 0.717) is 0 Å². The molecule has 0 saturated heterocycles. The molecule has 0 aromatic heterocycles. The first-order valence-electron chi connectivity index (χ1n) is 5.83. The van der Waals surface area contributed by atoms with Gasteiger partial charge in [-0.25, -0.2) is 14.4 Å². The number of benzene rings is 1. The van der Waals surface area contributed by atoms with Gasteiger partial charge >= 0.3 is 18.0 Å². The molecule has 0 aliphatic rings. The fourth-order valence-electron chi connectivity index (χ4n) is 1.32. The van der Waals surface area contributed by atoms with E-state index in [2.05, 4.69) is 14.8 Å². The van der Waals surface area contributed by atoms with Crippen LogP contribution >= 0.6 is 0 Å². The smallest absolute Gasteiger partial charge is 0.415 e. The molecule has 1 aromatic carbocycles. The molecule has 0 bridgehead atoms. The molecule has 0 atom stereocenters. The molecule has 0 radical (unpaired) electrons. The van der Waals surface area contributed by atoms with Crippen molar-refractivity contribution in [2.75, 3.05) is 7.11 Å². The van der Waals surface area contributed by atoms with Crippen LogP contribution in [-0.2, 0) is 25.6 Å². The van der Waals surface area contributed by atoms with Crippen LogP contribution in [0.5, 0.6) is 0 Å². The van der Waals surface area contributed by atoms with Crippen molar-refractivity contribution in [2.24, 2.45) is 0 Å². The lowest BCUT2D eigenvalue weighted by atomic mass is 10.2. The highest BCUT2D eigenvalue weighted by atomic mass is 16.6. The summed E-state index contributed by atoms with van der Waals surface area (Å²) in [5.41, 5.74) is 0.923. The minimum atomic E-state index is -0.932. The summed E-state index contributed by atoms with van der Waals surface area (Å²) in [7, 11) is 1.19. The maximum absolute atomic E-state index is 11.3. The summed E-state index contributed by atoms with van der Waals surface area (Å²) in [6.07, 6.45) is 0.0151. The number of rotatable bonds is 4. The number of nitrogens with one attached hydrogen (secondary N) is 1. The SMILES string of the molecule is COC(=O)/C(C)=C/C(=O)OC(=O)NCc1ccccc1. The Hall–Kier alpha value is -2.63. The van der Waals surface area contributed by atoms with Gasteiger partial charge in [0.05, 0.1) is 7.11 Å². The van der Waals surface area contributed by atoms with Crippen LogP contribution in [0.3, 0.4) is 0 Å². The largest absolute Gasteiger partial charge is 0.466 e. The lowest BCUT2D eigenvalue weighted by Crippen LogP contribution is -2.26. The minimum absolute atomic E-state index is 0.0494. The van der Waals surface area contributed by atoms with Crippen molar-refractivity contribution in [1.82, 2.24) is 5.32 Å². The molecule has 1 N–H and O–H groups in total. The normalized spacial score (nSPS) is 10.6. The van der Waals surface area contributed by atoms with Crippen molar-refractivity contribution in [3.8, 4) is 0 Å². The van der Waals surface area contributed by atoms with E-state index in [1.807, 2.05) is 30.3 Å². The van der Waals surface area contributed by atoms with Gasteiger partial charge in [-0.15, -0.1) is 0 Å². The van der Waals surface area contributed by atoms with Gasteiger partial charge in [0.25, 0.3) is 0 Å². The van der Waals surface area contributed by atoms with Gasteiger partial charge in [0.1, 0.15) is 0 Å². The number of carbonyl (C=O) groups excluding carboxylic acids is 3. The molecule has 0 aliphatic carbocycles. The van der Waals surface area contributed by atoms with Crippen molar-refractivity contribution >= 4 is 18.0 Å². The van der Waals surface area contributed by atoms with E-state index in [4.69, 9.17) is 0 Å². The molecule has 0 saturated carbocycles. The predicted octanol–water partition coefficient (Wildman–Crippen LogP) is 1.56. The Morgan fingerprint density at radius 3 is 2.45 bits per heavy atom. The molecule has 0 heterocycles. The van der Waals surface area contributed by atoms with Gasteiger partial charge in [-0.2, -0.15) is 0 Å². The van der Waals surface area contributed by atoms with Crippen molar-refractivity contribution < 1.29 is 23.9 Å². The van der Waals surface area contributed by atoms with Gasteiger partial charge < -0.3 is 14.8 Å². The zero-order valence-electron chi connectivity index (χ0n) is 11.2. The Balaban J connectivity index is 2.43. The number of hydrogen-bond acceptors (Lipinski definition) is 5. The number of alkyl carbamates (subject to hydrolysis) is 1. The summed E-state index contributed by atoms with van der Waals surface area (Å²) >= 11 is 0. The average molecular weight is 277 g/mol. The number of ether oxygens (including phenoxy) is 2. The zero-order chi connectivity index (χ0) is 15.0. The van der Waals surface area contributed by atoms with Crippen LogP contribution < -0.4 is 5.32 Å². The molecule has 6 heteroatoms. The lowest BCUT2D eigenvalue weighted by Gasteiger charge is -2.04. The maximum Gasteiger partial charge on any atom is 0.415 e. The molecule has 1 amide bonds. The summed E-state index contributed by atoms with van der Waals surface area (Å²) in [5, 5.41) is 2.42. The third-order valence-electron chi connectivity index (χ3n) is 2.31. The summed E-state index contributed by atoms with van der Waals surface area (Å²) in [5.74, 6) is -1.59. The minimum Gasteiger partial charge on any atom is -0.466 e. The van der Waals surface area contributed by atoms with Gasteiger partial charge in [0, 0.05) is 18.2 Å². The summed E-state index contributed by atoms with van der Waals surface area (Å²) in [6.45, 7) is 1.63. The molecule has 0 spiro atoms. The lowest BCUT2D eigenvalue weighted by molar-refractivity contribution is -0.137. The van der Waals surface area contributed by atoms with E-state index >= 15 is 0 Å². The molecule has 20 heavy (non-hydrogen) atoms. The Morgan fingerprint density at radius 1 is 1.20 bits per heavy atom. The van der Waals surface area contributed by atoms with Crippen LogP contribution in [0.2, 0.25) is 0 Å². The van der Waals surface area contributed by atoms with Crippen LogP contribution in [-0.4, -0.2) is 25.1 Å². The summed E-state index contributed by atoms with van der Waals surface area (Å²) in [4.78, 5) is 33.7. The Kier molecular flexibility index (Phi) is 5.96. The molecule has 6 nitrogen and oxygen atoms in total. The maximum atomic E-state index is 11.3. The molecular formula is C14H15NO5. The highest BCUT2D eigenvalue weighted by Gasteiger charge is 2.11. The monoisotopic (exact) mass is 277 g/mol. The second-order valence-electron chi connectivity index (χ2n) is 3.87. The van der Waals surface area contributed by atoms with E-state index in [1.165, 1.54) is 14.0 Å². The van der Waals surface area contributed by atoms with Gasteiger partial charge in [-0.3, -0.25) is 0 Å². The number of carbonyl (C=O) groups is 3. The van der Waals surface area contributed by atoms with E-state index in [9.17, 15) is 14.4 Å². The molecule has 1 aromatic rings. The predicted molar refractivity (Wildman–Crippen MR) is 70.5 cm³/mol. The Morgan fingerprint density at radius 2 is 1.85 bits per heavy atom. The molecular weight excluding hydrogens is 262 g/mol. The summed E-state index contributed by atoms with van der Waals surface area (Å²) in [6, 6.07) is 9.16. The van der Waals surface area contributed by atoms with Crippen LogP contribution in [0.4, 0.5) is 4.79 Å². The molecule has 1 rings (SSSR count). The van der Waals surface area contributed by atoms with Crippen LogP contribution in [0.1, 0.15) is 12.5 Å². The van der Waals surface area contributed by atoms with Gasteiger partial charge in [0.2, 0.25) is 0 Å². The molecule has 0 unspecified atom stereocenters. The fraction of sp³-hybridized carbons (Fsp3) is 0.214. The van der Waals surface area contributed by atoms with Crippen molar-refractivity contribution in [1.29, 1.82) is 0 Å². The van der Waals surface area contributed by atoms with Crippen LogP contribution in [0.15, 0.2) is 42.0 Å². The summed E-state index contributed by atoms with van der Waals surface area (Å²) < 4.78 is 8.87. The average Bonchev–Trinajstić information content (AvgIpc) is 2.45. The van der Waals surface area contributed by atoms with Crippen LogP contribution in [0.25, 0.3) is 0 Å².